The molecule has 0 saturated heterocycles. The van der Waals surface area contributed by atoms with Crippen molar-refractivity contribution < 1.29 is 4.79 Å². The van der Waals surface area contributed by atoms with Gasteiger partial charge in [-0.25, -0.2) is 4.68 Å². The number of carbonyl (C=O) groups excluding carboxylic acids is 1. The molecule has 0 aliphatic carbocycles. The van der Waals surface area contributed by atoms with E-state index < -0.39 is 0 Å². The van der Waals surface area contributed by atoms with E-state index in [2.05, 4.69) is 15.5 Å². The summed E-state index contributed by atoms with van der Waals surface area (Å²) in [5.74, 6) is 5.57. The van der Waals surface area contributed by atoms with Crippen LogP contribution in [0.5, 0.6) is 0 Å². The number of nitrogens with two attached hydrogens (primary N) is 1. The van der Waals surface area contributed by atoms with Crippen LogP contribution in [-0.2, 0) is 4.79 Å². The first-order chi connectivity index (χ1) is 12.1. The predicted octanol–water partition coefficient (Wildman–Crippen LogP) is 3.26. The van der Waals surface area contributed by atoms with Crippen molar-refractivity contribution in [2.24, 2.45) is 0 Å². The summed E-state index contributed by atoms with van der Waals surface area (Å²) in [4.78, 5) is 14.6. The first kappa shape index (κ1) is 17.4. The first-order valence-corrected chi connectivity index (χ1v) is 9.27. The van der Waals surface area contributed by atoms with Crippen LogP contribution in [0.1, 0.15) is 6.92 Å². The Labute approximate surface area is 154 Å². The fourth-order valence-corrected chi connectivity index (χ4v) is 3.70. The Hall–Kier alpha value is -2.45. The van der Waals surface area contributed by atoms with Crippen LogP contribution in [0.15, 0.2) is 75.9 Å². The van der Waals surface area contributed by atoms with E-state index in [9.17, 15) is 4.79 Å². The van der Waals surface area contributed by atoms with Crippen LogP contribution in [0, 0.1) is 0 Å². The van der Waals surface area contributed by atoms with Crippen molar-refractivity contribution in [3.8, 4) is 0 Å². The molecule has 6 nitrogen and oxygen atoms in total. The van der Waals surface area contributed by atoms with Crippen molar-refractivity contribution in [2.75, 3.05) is 11.2 Å². The Morgan fingerprint density at radius 1 is 1.16 bits per heavy atom. The SMILES string of the molecule is C[C@@H](Sc1nncn1N)C(=O)Nc1ccccc1Sc1ccccc1. The second-order valence-electron chi connectivity index (χ2n) is 5.18. The Balaban J connectivity index is 1.70. The standard InChI is InChI=1S/C17H17N5OS2/c1-12(24-17-21-19-11-22(17)18)16(23)20-14-9-5-6-10-15(14)25-13-7-3-2-4-8-13/h2-12H,18H2,1H3,(H,20,23)/t12-/m1/s1. The molecule has 3 rings (SSSR count). The smallest absolute Gasteiger partial charge is 0.237 e. The largest absolute Gasteiger partial charge is 0.336 e. The minimum Gasteiger partial charge on any atom is -0.336 e. The zero-order valence-corrected chi connectivity index (χ0v) is 15.1. The Morgan fingerprint density at radius 2 is 1.88 bits per heavy atom. The third-order valence-electron chi connectivity index (χ3n) is 3.31. The van der Waals surface area contributed by atoms with Crippen LogP contribution in [0.3, 0.4) is 0 Å². The van der Waals surface area contributed by atoms with Crippen molar-refractivity contribution in [3.05, 3.63) is 60.9 Å². The lowest BCUT2D eigenvalue weighted by atomic mass is 10.3. The minimum atomic E-state index is -0.360. The molecule has 3 N–H and O–H groups in total. The molecule has 128 valence electrons. The van der Waals surface area contributed by atoms with Gasteiger partial charge in [-0.15, -0.1) is 10.2 Å². The summed E-state index contributed by atoms with van der Waals surface area (Å²) in [6, 6.07) is 17.8. The maximum Gasteiger partial charge on any atom is 0.237 e. The van der Waals surface area contributed by atoms with E-state index in [1.54, 1.807) is 11.8 Å². The number of amides is 1. The van der Waals surface area contributed by atoms with Gasteiger partial charge in [-0.1, -0.05) is 53.9 Å². The fourth-order valence-electron chi connectivity index (χ4n) is 2.04. The molecule has 0 bridgehead atoms. The molecular weight excluding hydrogens is 354 g/mol. The Kier molecular flexibility index (Phi) is 5.62. The molecule has 0 radical (unpaired) electrons. The molecule has 8 heteroatoms. The van der Waals surface area contributed by atoms with Crippen LogP contribution in [0.2, 0.25) is 0 Å². The molecule has 1 amide bonds. The lowest BCUT2D eigenvalue weighted by Crippen LogP contribution is -2.23. The molecule has 2 aromatic carbocycles. The zero-order chi connectivity index (χ0) is 17.6. The van der Waals surface area contributed by atoms with E-state index >= 15 is 0 Å². The van der Waals surface area contributed by atoms with Gasteiger partial charge >= 0.3 is 0 Å². The van der Waals surface area contributed by atoms with Gasteiger partial charge in [0.15, 0.2) is 0 Å². The van der Waals surface area contributed by atoms with E-state index in [-0.39, 0.29) is 11.2 Å². The lowest BCUT2D eigenvalue weighted by Gasteiger charge is -2.14. The van der Waals surface area contributed by atoms with Gasteiger partial charge in [0.05, 0.1) is 10.9 Å². The van der Waals surface area contributed by atoms with Crippen LogP contribution < -0.4 is 11.2 Å². The van der Waals surface area contributed by atoms with E-state index in [0.29, 0.717) is 5.16 Å². The molecule has 1 heterocycles. The predicted molar refractivity (Wildman–Crippen MR) is 101 cm³/mol. The summed E-state index contributed by atoms with van der Waals surface area (Å²) >= 11 is 2.87. The molecule has 1 atom stereocenters. The fraction of sp³-hybridized carbons (Fsp3) is 0.118. The summed E-state index contributed by atoms with van der Waals surface area (Å²) in [6.07, 6.45) is 1.40. The van der Waals surface area contributed by atoms with Crippen LogP contribution >= 0.6 is 23.5 Å². The lowest BCUT2D eigenvalue weighted by molar-refractivity contribution is -0.115. The Morgan fingerprint density at radius 3 is 2.60 bits per heavy atom. The summed E-state index contributed by atoms with van der Waals surface area (Å²) in [6.45, 7) is 1.81. The number of para-hydroxylation sites is 1. The van der Waals surface area contributed by atoms with Gasteiger partial charge < -0.3 is 11.2 Å². The van der Waals surface area contributed by atoms with E-state index in [1.807, 2.05) is 61.5 Å². The molecule has 0 unspecified atom stereocenters. The van der Waals surface area contributed by atoms with Crippen molar-refractivity contribution in [1.82, 2.24) is 14.9 Å². The minimum absolute atomic E-state index is 0.117. The summed E-state index contributed by atoms with van der Waals surface area (Å²) in [7, 11) is 0. The number of hydrogen-bond donors (Lipinski definition) is 2. The number of benzene rings is 2. The summed E-state index contributed by atoms with van der Waals surface area (Å²) in [5, 5.41) is 10.7. The highest BCUT2D eigenvalue weighted by Gasteiger charge is 2.18. The van der Waals surface area contributed by atoms with Crippen molar-refractivity contribution >= 4 is 35.1 Å². The zero-order valence-electron chi connectivity index (χ0n) is 13.5. The maximum absolute atomic E-state index is 12.5. The van der Waals surface area contributed by atoms with Crippen molar-refractivity contribution in [3.63, 3.8) is 0 Å². The molecule has 0 aliphatic heterocycles. The first-order valence-electron chi connectivity index (χ1n) is 7.58. The van der Waals surface area contributed by atoms with E-state index in [0.717, 1.165) is 15.5 Å². The average Bonchev–Trinajstić information content (AvgIpc) is 3.02. The molecule has 0 saturated carbocycles. The Bertz CT molecular complexity index is 853. The second-order valence-corrected chi connectivity index (χ2v) is 7.60. The number of nitrogens with one attached hydrogen (secondary N) is 1. The quantitative estimate of drug-likeness (QED) is 0.511. The topological polar surface area (TPSA) is 85.8 Å². The van der Waals surface area contributed by atoms with Gasteiger partial charge in [0.1, 0.15) is 6.33 Å². The van der Waals surface area contributed by atoms with Gasteiger partial charge in [-0.05, 0) is 31.2 Å². The summed E-state index contributed by atoms with van der Waals surface area (Å²) in [5.41, 5.74) is 0.781. The van der Waals surface area contributed by atoms with Gasteiger partial charge in [0.2, 0.25) is 11.1 Å². The molecule has 1 aromatic heterocycles. The highest BCUT2D eigenvalue weighted by molar-refractivity contribution is 8.00. The number of thioether (sulfide) groups is 1. The number of aromatic nitrogens is 3. The van der Waals surface area contributed by atoms with Gasteiger partial charge in [0.25, 0.3) is 0 Å². The van der Waals surface area contributed by atoms with Crippen molar-refractivity contribution in [1.29, 1.82) is 0 Å². The molecule has 3 aromatic rings. The third kappa shape index (κ3) is 4.55. The van der Waals surface area contributed by atoms with Gasteiger partial charge in [0, 0.05) is 9.79 Å². The van der Waals surface area contributed by atoms with Crippen LogP contribution in [-0.4, -0.2) is 26.0 Å². The summed E-state index contributed by atoms with van der Waals surface area (Å²) < 4.78 is 1.30. The third-order valence-corrected chi connectivity index (χ3v) is 5.46. The van der Waals surface area contributed by atoms with Crippen molar-refractivity contribution in [2.45, 2.75) is 27.1 Å². The molecular formula is C17H17N5OS2. The number of nitrogen functional groups attached to an aromatic ring is 1. The van der Waals surface area contributed by atoms with Crippen LogP contribution in [0.25, 0.3) is 0 Å². The monoisotopic (exact) mass is 371 g/mol. The average molecular weight is 371 g/mol. The van der Waals surface area contributed by atoms with Crippen LogP contribution in [0.4, 0.5) is 5.69 Å². The highest BCUT2D eigenvalue weighted by atomic mass is 32.2. The van der Waals surface area contributed by atoms with E-state index in [1.165, 1.54) is 22.8 Å². The van der Waals surface area contributed by atoms with E-state index in [4.69, 9.17) is 5.84 Å². The maximum atomic E-state index is 12.5. The normalized spacial score (nSPS) is 11.9. The molecule has 25 heavy (non-hydrogen) atoms. The highest BCUT2D eigenvalue weighted by Crippen LogP contribution is 2.33. The number of carbonyl (C=O) groups is 1. The van der Waals surface area contributed by atoms with Gasteiger partial charge in [-0.3, -0.25) is 4.79 Å². The molecule has 0 fully saturated rings. The molecule has 0 spiro atoms. The number of anilines is 1. The number of nitrogens with zero attached hydrogens (tertiary/aromatic N) is 3. The number of hydrogen-bond acceptors (Lipinski definition) is 6. The second kappa shape index (κ2) is 8.09. The van der Waals surface area contributed by atoms with Gasteiger partial charge in [-0.2, -0.15) is 0 Å². The number of rotatable bonds is 6. The molecule has 0 aliphatic rings.